The number of carbonyl (C=O) groups excluding carboxylic acids is 1. The largest absolute Gasteiger partial charge is 0.310 e. The van der Waals surface area contributed by atoms with Crippen LogP contribution >= 0.6 is 22.9 Å². The first-order valence-corrected chi connectivity index (χ1v) is 10.6. The van der Waals surface area contributed by atoms with Gasteiger partial charge in [-0.2, -0.15) is 0 Å². The van der Waals surface area contributed by atoms with Crippen LogP contribution in [0.5, 0.6) is 0 Å². The number of rotatable bonds is 5. The number of amides is 1. The molecule has 0 saturated carbocycles. The standard InChI is InChI=1S/C20H20ClN5O2S/c21-15-4-5-18(23-11-15)24-19(27)14-6-9-25(10-7-14)13-26-17(12-29-20(26)28)16-3-1-2-8-22-16/h1-5,8,11-12,14H,6-7,9-10,13H2,(H,23,24,27). The molecule has 0 spiro atoms. The molecule has 1 fully saturated rings. The lowest BCUT2D eigenvalue weighted by atomic mass is 9.96. The van der Waals surface area contributed by atoms with Gasteiger partial charge in [0.1, 0.15) is 5.82 Å². The van der Waals surface area contributed by atoms with Gasteiger partial charge < -0.3 is 5.32 Å². The van der Waals surface area contributed by atoms with Crippen LogP contribution in [0.4, 0.5) is 5.82 Å². The minimum Gasteiger partial charge on any atom is -0.310 e. The van der Waals surface area contributed by atoms with Gasteiger partial charge in [-0.3, -0.25) is 24.0 Å². The summed E-state index contributed by atoms with van der Waals surface area (Å²) in [6.07, 6.45) is 4.70. The van der Waals surface area contributed by atoms with Gasteiger partial charge in [-0.25, -0.2) is 4.98 Å². The van der Waals surface area contributed by atoms with E-state index in [2.05, 4.69) is 20.2 Å². The highest BCUT2D eigenvalue weighted by Gasteiger charge is 2.26. The Bertz CT molecular complexity index is 1030. The van der Waals surface area contributed by atoms with E-state index in [1.807, 2.05) is 23.6 Å². The normalized spacial score (nSPS) is 15.3. The van der Waals surface area contributed by atoms with Crippen molar-refractivity contribution >= 4 is 34.7 Å². The van der Waals surface area contributed by atoms with Gasteiger partial charge in [0.15, 0.2) is 0 Å². The Kier molecular flexibility index (Phi) is 6.03. The topological polar surface area (TPSA) is 80.1 Å². The van der Waals surface area contributed by atoms with E-state index in [-0.39, 0.29) is 16.7 Å². The van der Waals surface area contributed by atoms with E-state index in [1.54, 1.807) is 22.9 Å². The lowest BCUT2D eigenvalue weighted by molar-refractivity contribution is -0.121. The van der Waals surface area contributed by atoms with Crippen LogP contribution in [0.3, 0.4) is 0 Å². The van der Waals surface area contributed by atoms with Crippen molar-refractivity contribution in [3.05, 3.63) is 62.8 Å². The second-order valence-electron chi connectivity index (χ2n) is 6.91. The van der Waals surface area contributed by atoms with Crippen LogP contribution in [-0.4, -0.2) is 38.4 Å². The molecule has 0 radical (unpaired) electrons. The van der Waals surface area contributed by atoms with Crippen molar-refractivity contribution in [2.24, 2.45) is 5.92 Å². The van der Waals surface area contributed by atoms with E-state index in [1.165, 1.54) is 17.5 Å². The maximum absolute atomic E-state index is 12.5. The van der Waals surface area contributed by atoms with Crippen molar-refractivity contribution in [3.8, 4) is 11.4 Å². The quantitative estimate of drug-likeness (QED) is 0.672. The maximum atomic E-state index is 12.5. The molecular formula is C20H20ClN5O2S. The maximum Gasteiger partial charge on any atom is 0.308 e. The third-order valence-corrected chi connectivity index (χ3v) is 5.98. The van der Waals surface area contributed by atoms with Crippen LogP contribution in [0.25, 0.3) is 11.4 Å². The van der Waals surface area contributed by atoms with Crippen LogP contribution in [0, 0.1) is 5.92 Å². The molecule has 1 aliphatic rings. The fourth-order valence-corrected chi connectivity index (χ4v) is 4.25. The zero-order valence-corrected chi connectivity index (χ0v) is 17.2. The summed E-state index contributed by atoms with van der Waals surface area (Å²) in [5.41, 5.74) is 1.62. The molecule has 1 amide bonds. The summed E-state index contributed by atoms with van der Waals surface area (Å²) in [6.45, 7) is 1.99. The van der Waals surface area contributed by atoms with E-state index in [0.29, 0.717) is 17.5 Å². The van der Waals surface area contributed by atoms with Crippen LogP contribution in [-0.2, 0) is 11.5 Å². The van der Waals surface area contributed by atoms with Crippen LogP contribution < -0.4 is 10.2 Å². The van der Waals surface area contributed by atoms with Gasteiger partial charge in [0.25, 0.3) is 0 Å². The summed E-state index contributed by atoms with van der Waals surface area (Å²) in [6, 6.07) is 9.06. The van der Waals surface area contributed by atoms with Gasteiger partial charge in [-0.15, -0.1) is 0 Å². The molecule has 0 bridgehead atoms. The number of nitrogens with zero attached hydrogens (tertiary/aromatic N) is 4. The SMILES string of the molecule is O=C(Nc1ccc(Cl)cn1)C1CCN(Cn2c(-c3ccccn3)csc2=O)CC1. The number of likely N-dealkylation sites (tertiary alicyclic amines) is 1. The number of nitrogens with one attached hydrogen (secondary N) is 1. The number of anilines is 1. The molecule has 1 saturated heterocycles. The monoisotopic (exact) mass is 429 g/mol. The van der Waals surface area contributed by atoms with E-state index in [0.717, 1.165) is 37.3 Å². The van der Waals surface area contributed by atoms with Gasteiger partial charge in [-0.1, -0.05) is 29.0 Å². The Morgan fingerprint density at radius 1 is 1.21 bits per heavy atom. The summed E-state index contributed by atoms with van der Waals surface area (Å²) >= 11 is 7.01. The molecule has 3 aromatic heterocycles. The van der Waals surface area contributed by atoms with Crippen molar-refractivity contribution in [2.75, 3.05) is 18.4 Å². The van der Waals surface area contributed by atoms with Crippen molar-refractivity contribution in [1.82, 2.24) is 19.4 Å². The average molecular weight is 430 g/mol. The van der Waals surface area contributed by atoms with E-state index >= 15 is 0 Å². The Balaban J connectivity index is 1.36. The van der Waals surface area contributed by atoms with Gasteiger partial charge in [0.05, 0.1) is 23.1 Å². The highest BCUT2D eigenvalue weighted by Crippen LogP contribution is 2.22. The second kappa shape index (κ2) is 8.86. The molecule has 3 aromatic rings. The fourth-order valence-electron chi connectivity index (χ4n) is 3.39. The van der Waals surface area contributed by atoms with Crippen molar-refractivity contribution in [1.29, 1.82) is 0 Å². The van der Waals surface area contributed by atoms with Gasteiger partial charge in [0.2, 0.25) is 5.91 Å². The molecular weight excluding hydrogens is 410 g/mol. The number of halogens is 1. The van der Waals surface area contributed by atoms with Crippen molar-refractivity contribution in [2.45, 2.75) is 19.5 Å². The highest BCUT2D eigenvalue weighted by molar-refractivity contribution is 7.07. The Morgan fingerprint density at radius 3 is 2.72 bits per heavy atom. The molecule has 1 N–H and O–H groups in total. The summed E-state index contributed by atoms with van der Waals surface area (Å²) in [5.74, 6) is 0.409. The predicted octanol–water partition coefficient (Wildman–Crippen LogP) is 3.33. The predicted molar refractivity (Wildman–Crippen MR) is 114 cm³/mol. The first-order chi connectivity index (χ1) is 14.1. The summed E-state index contributed by atoms with van der Waals surface area (Å²) in [7, 11) is 0. The Morgan fingerprint density at radius 2 is 2.03 bits per heavy atom. The summed E-state index contributed by atoms with van der Waals surface area (Å²) in [5, 5.41) is 5.23. The minimum absolute atomic E-state index is 0.000618. The smallest absolute Gasteiger partial charge is 0.308 e. The van der Waals surface area contributed by atoms with Crippen molar-refractivity contribution in [3.63, 3.8) is 0 Å². The number of piperidine rings is 1. The molecule has 0 unspecified atom stereocenters. The number of hydrogen-bond acceptors (Lipinski definition) is 6. The van der Waals surface area contributed by atoms with E-state index in [9.17, 15) is 9.59 Å². The molecule has 0 aliphatic carbocycles. The zero-order chi connectivity index (χ0) is 20.2. The number of carbonyl (C=O) groups is 1. The molecule has 150 valence electrons. The number of aromatic nitrogens is 3. The van der Waals surface area contributed by atoms with Gasteiger partial charge in [-0.05, 0) is 37.1 Å². The van der Waals surface area contributed by atoms with Gasteiger partial charge >= 0.3 is 4.87 Å². The van der Waals surface area contributed by atoms with E-state index < -0.39 is 0 Å². The average Bonchev–Trinajstić information content (AvgIpc) is 3.11. The second-order valence-corrected chi connectivity index (χ2v) is 8.17. The molecule has 0 aromatic carbocycles. The first-order valence-electron chi connectivity index (χ1n) is 9.34. The van der Waals surface area contributed by atoms with Crippen LogP contribution in [0.2, 0.25) is 5.02 Å². The molecule has 7 nitrogen and oxygen atoms in total. The molecule has 1 aliphatic heterocycles. The summed E-state index contributed by atoms with van der Waals surface area (Å²) in [4.78, 5) is 35.5. The summed E-state index contributed by atoms with van der Waals surface area (Å²) < 4.78 is 1.75. The van der Waals surface area contributed by atoms with E-state index in [4.69, 9.17) is 11.6 Å². The minimum atomic E-state index is -0.0711. The van der Waals surface area contributed by atoms with Gasteiger partial charge in [0, 0.05) is 36.8 Å². The lowest BCUT2D eigenvalue weighted by Crippen LogP contribution is -2.40. The molecule has 9 heteroatoms. The number of thiazole rings is 1. The zero-order valence-electron chi connectivity index (χ0n) is 15.6. The highest BCUT2D eigenvalue weighted by atomic mass is 35.5. The Labute approximate surface area is 177 Å². The fraction of sp³-hybridized carbons (Fsp3) is 0.300. The van der Waals surface area contributed by atoms with Crippen LogP contribution in [0.1, 0.15) is 12.8 Å². The molecule has 29 heavy (non-hydrogen) atoms. The van der Waals surface area contributed by atoms with Crippen LogP contribution in [0.15, 0.2) is 52.9 Å². The molecule has 4 rings (SSSR count). The third-order valence-electron chi connectivity index (χ3n) is 4.99. The third kappa shape index (κ3) is 4.72. The lowest BCUT2D eigenvalue weighted by Gasteiger charge is -2.31. The van der Waals surface area contributed by atoms with Crippen molar-refractivity contribution < 1.29 is 4.79 Å². The molecule has 4 heterocycles. The number of hydrogen-bond donors (Lipinski definition) is 1. The molecule has 0 atom stereocenters. The first kappa shape index (κ1) is 19.8. The Hall–Kier alpha value is -2.55. The number of pyridine rings is 2.